The zero-order valence-electron chi connectivity index (χ0n) is 10.5. The lowest BCUT2D eigenvalue weighted by Crippen LogP contribution is -2.10. The predicted octanol–water partition coefficient (Wildman–Crippen LogP) is 4.09. The first kappa shape index (κ1) is 15.3. The van der Waals surface area contributed by atoms with Crippen molar-refractivity contribution in [2.24, 2.45) is 5.73 Å². The number of nitro benzene ring substituents is 1. The van der Waals surface area contributed by atoms with Gasteiger partial charge in [0.1, 0.15) is 11.6 Å². The fourth-order valence-corrected chi connectivity index (χ4v) is 2.27. The lowest BCUT2D eigenvalue weighted by molar-refractivity contribution is -0.385. The van der Waals surface area contributed by atoms with E-state index in [1.807, 2.05) is 0 Å². The molecule has 0 saturated heterocycles. The zero-order valence-corrected chi connectivity index (χ0v) is 12.8. The third-order valence-electron chi connectivity index (χ3n) is 2.60. The van der Waals surface area contributed by atoms with Crippen molar-refractivity contribution in [1.29, 1.82) is 5.41 Å². The van der Waals surface area contributed by atoms with Crippen molar-refractivity contribution in [2.45, 2.75) is 0 Å². The van der Waals surface area contributed by atoms with Gasteiger partial charge in [-0.3, -0.25) is 15.5 Å². The van der Waals surface area contributed by atoms with Crippen molar-refractivity contribution >= 4 is 39.1 Å². The van der Waals surface area contributed by atoms with Crippen molar-refractivity contribution in [3.63, 3.8) is 0 Å². The van der Waals surface area contributed by atoms with E-state index >= 15 is 0 Å². The van der Waals surface area contributed by atoms with Gasteiger partial charge >= 0.3 is 5.69 Å². The third kappa shape index (κ3) is 3.32. The first-order valence-electron chi connectivity index (χ1n) is 5.65. The summed E-state index contributed by atoms with van der Waals surface area (Å²) in [6.07, 6.45) is 0. The van der Waals surface area contributed by atoms with E-state index < -0.39 is 4.92 Å². The van der Waals surface area contributed by atoms with Gasteiger partial charge in [0.25, 0.3) is 0 Å². The highest BCUT2D eigenvalue weighted by Crippen LogP contribution is 2.40. The second kappa shape index (κ2) is 6.11. The van der Waals surface area contributed by atoms with E-state index in [0.717, 1.165) is 0 Å². The molecule has 0 spiro atoms. The van der Waals surface area contributed by atoms with Crippen LogP contribution in [0.15, 0.2) is 40.9 Å². The molecule has 2 aromatic carbocycles. The van der Waals surface area contributed by atoms with E-state index in [1.165, 1.54) is 18.2 Å². The number of nitrogens with one attached hydrogen (secondary N) is 1. The third-order valence-corrected chi connectivity index (χ3v) is 3.52. The van der Waals surface area contributed by atoms with Gasteiger partial charge in [-0.1, -0.05) is 17.7 Å². The minimum atomic E-state index is -0.570. The molecule has 3 N–H and O–H groups in total. The van der Waals surface area contributed by atoms with Gasteiger partial charge in [0.05, 0.1) is 14.4 Å². The number of para-hydroxylation sites is 1. The molecular formula is C13H9BrClN3O3. The number of ether oxygens (including phenoxy) is 1. The molecule has 2 rings (SSSR count). The van der Waals surface area contributed by atoms with Gasteiger partial charge in [-0.2, -0.15) is 0 Å². The van der Waals surface area contributed by atoms with E-state index in [-0.39, 0.29) is 22.3 Å². The molecular weight excluding hydrogens is 362 g/mol. The molecule has 0 aromatic heterocycles. The fourth-order valence-electron chi connectivity index (χ4n) is 1.60. The first-order chi connectivity index (χ1) is 9.90. The topological polar surface area (TPSA) is 102 Å². The Hall–Kier alpha value is -2.12. The minimum Gasteiger partial charge on any atom is -0.447 e. The van der Waals surface area contributed by atoms with Gasteiger partial charge in [0, 0.05) is 11.6 Å². The van der Waals surface area contributed by atoms with E-state index in [9.17, 15) is 10.1 Å². The summed E-state index contributed by atoms with van der Waals surface area (Å²) in [4.78, 5) is 10.4. The highest BCUT2D eigenvalue weighted by Gasteiger charge is 2.20. The number of nitrogens with zero attached hydrogens (tertiary/aromatic N) is 1. The van der Waals surface area contributed by atoms with Crippen LogP contribution in [-0.2, 0) is 0 Å². The molecule has 0 aliphatic carbocycles. The average Bonchev–Trinajstić information content (AvgIpc) is 2.42. The number of amidine groups is 1. The SMILES string of the molecule is N=C(N)c1ccc(Oc2c(Cl)cccc2[N+](=O)[O-])c(Br)c1. The molecule has 0 saturated carbocycles. The fraction of sp³-hybridized carbons (Fsp3) is 0. The molecule has 0 radical (unpaired) electrons. The Kier molecular flexibility index (Phi) is 4.44. The molecule has 108 valence electrons. The summed E-state index contributed by atoms with van der Waals surface area (Å²) in [6.45, 7) is 0. The number of benzene rings is 2. The van der Waals surface area contributed by atoms with Crippen LogP contribution >= 0.6 is 27.5 Å². The molecule has 0 bridgehead atoms. The Labute approximate surface area is 133 Å². The summed E-state index contributed by atoms with van der Waals surface area (Å²) in [6, 6.07) is 8.99. The normalized spacial score (nSPS) is 10.2. The molecule has 8 heteroatoms. The summed E-state index contributed by atoms with van der Waals surface area (Å²) >= 11 is 9.23. The first-order valence-corrected chi connectivity index (χ1v) is 6.82. The number of nitrogens with two attached hydrogens (primary N) is 1. The highest BCUT2D eigenvalue weighted by molar-refractivity contribution is 9.10. The van der Waals surface area contributed by atoms with Crippen molar-refractivity contribution in [3.8, 4) is 11.5 Å². The summed E-state index contributed by atoms with van der Waals surface area (Å²) in [5.41, 5.74) is 5.66. The maximum atomic E-state index is 11.0. The largest absolute Gasteiger partial charge is 0.447 e. The molecule has 0 heterocycles. The number of nitrogen functional groups attached to an aromatic ring is 1. The van der Waals surface area contributed by atoms with Crippen molar-refractivity contribution in [3.05, 3.63) is 61.6 Å². The van der Waals surface area contributed by atoms with Gasteiger partial charge in [0.15, 0.2) is 0 Å². The second-order valence-electron chi connectivity index (χ2n) is 4.01. The number of rotatable bonds is 4. The summed E-state index contributed by atoms with van der Waals surface area (Å²) < 4.78 is 6.04. The standard InChI is InChI=1S/C13H9BrClN3O3/c14-8-6-7(13(16)17)4-5-11(8)21-12-9(15)2-1-3-10(12)18(19)20/h1-6H,(H3,16,17). The van der Waals surface area contributed by atoms with Gasteiger partial charge in [-0.15, -0.1) is 0 Å². The molecule has 0 fully saturated rings. The molecule has 2 aromatic rings. The van der Waals surface area contributed by atoms with Crippen LogP contribution in [0, 0.1) is 15.5 Å². The maximum Gasteiger partial charge on any atom is 0.313 e. The van der Waals surface area contributed by atoms with Crippen LogP contribution in [0.3, 0.4) is 0 Å². The summed E-state index contributed by atoms with van der Waals surface area (Å²) in [7, 11) is 0. The monoisotopic (exact) mass is 369 g/mol. The molecule has 0 aliphatic rings. The van der Waals surface area contributed by atoms with Crippen molar-refractivity contribution < 1.29 is 9.66 Å². The van der Waals surface area contributed by atoms with E-state index in [1.54, 1.807) is 18.2 Å². The van der Waals surface area contributed by atoms with Crippen LogP contribution in [0.4, 0.5) is 5.69 Å². The van der Waals surface area contributed by atoms with Gasteiger partial charge in [-0.25, -0.2) is 0 Å². The van der Waals surface area contributed by atoms with Gasteiger partial charge < -0.3 is 10.5 Å². The summed E-state index contributed by atoms with van der Waals surface area (Å²) in [5.74, 6) is 0.197. The maximum absolute atomic E-state index is 11.0. The Morgan fingerprint density at radius 1 is 1.38 bits per heavy atom. The average molecular weight is 371 g/mol. The molecule has 0 atom stereocenters. The molecule has 21 heavy (non-hydrogen) atoms. The zero-order chi connectivity index (χ0) is 15.6. The number of nitro groups is 1. The summed E-state index contributed by atoms with van der Waals surface area (Å²) in [5, 5.41) is 18.5. The van der Waals surface area contributed by atoms with Crippen LogP contribution in [0.1, 0.15) is 5.56 Å². The highest BCUT2D eigenvalue weighted by atomic mass is 79.9. The van der Waals surface area contributed by atoms with Gasteiger partial charge in [-0.05, 0) is 40.2 Å². The molecule has 6 nitrogen and oxygen atoms in total. The molecule has 0 amide bonds. The minimum absolute atomic E-state index is 0.0413. The molecule has 0 unspecified atom stereocenters. The van der Waals surface area contributed by atoms with Crippen LogP contribution in [-0.4, -0.2) is 10.8 Å². The van der Waals surface area contributed by atoms with Crippen molar-refractivity contribution in [2.75, 3.05) is 0 Å². The van der Waals surface area contributed by atoms with E-state index in [0.29, 0.717) is 15.8 Å². The second-order valence-corrected chi connectivity index (χ2v) is 5.27. The van der Waals surface area contributed by atoms with Crippen LogP contribution in [0.25, 0.3) is 0 Å². The Balaban J connectivity index is 2.44. The molecule has 0 aliphatic heterocycles. The number of hydrogen-bond acceptors (Lipinski definition) is 4. The van der Waals surface area contributed by atoms with E-state index in [2.05, 4.69) is 15.9 Å². The lowest BCUT2D eigenvalue weighted by Gasteiger charge is -2.10. The van der Waals surface area contributed by atoms with Crippen molar-refractivity contribution in [1.82, 2.24) is 0 Å². The van der Waals surface area contributed by atoms with Crippen LogP contribution in [0.5, 0.6) is 11.5 Å². The van der Waals surface area contributed by atoms with E-state index in [4.69, 9.17) is 27.5 Å². The predicted molar refractivity (Wildman–Crippen MR) is 83.3 cm³/mol. The lowest BCUT2D eigenvalue weighted by atomic mass is 10.2. The van der Waals surface area contributed by atoms with Crippen LogP contribution in [0.2, 0.25) is 5.02 Å². The Morgan fingerprint density at radius 2 is 2.10 bits per heavy atom. The Morgan fingerprint density at radius 3 is 2.67 bits per heavy atom. The quantitative estimate of drug-likeness (QED) is 0.366. The smallest absolute Gasteiger partial charge is 0.313 e. The number of halogens is 2. The number of hydrogen-bond donors (Lipinski definition) is 2. The van der Waals surface area contributed by atoms with Gasteiger partial charge in [0.2, 0.25) is 5.75 Å². The Bertz CT molecular complexity index is 737. The van der Waals surface area contributed by atoms with Crippen LogP contribution < -0.4 is 10.5 Å².